The number of hydrogen-bond donors (Lipinski definition) is 2. The Balaban J connectivity index is 0.00000288. The molecular formula is C17H28Cl3N3O2. The quantitative estimate of drug-likeness (QED) is 0.720. The first-order valence-corrected chi connectivity index (χ1v) is 8.51. The molecule has 144 valence electrons. The largest absolute Gasteiger partial charge is 0.495 e. The molecule has 1 amide bonds. The third kappa shape index (κ3) is 7.48. The van der Waals surface area contributed by atoms with Crippen LogP contribution >= 0.6 is 36.4 Å². The Morgan fingerprint density at radius 2 is 2.00 bits per heavy atom. The number of anilines is 1. The van der Waals surface area contributed by atoms with Gasteiger partial charge in [0, 0.05) is 18.1 Å². The van der Waals surface area contributed by atoms with E-state index in [1.807, 2.05) is 11.9 Å². The lowest BCUT2D eigenvalue weighted by Crippen LogP contribution is -2.41. The fraction of sp³-hybridized carbons (Fsp3) is 0.588. The van der Waals surface area contributed by atoms with Gasteiger partial charge in [0.1, 0.15) is 5.75 Å². The molecule has 0 unspecified atom stereocenters. The van der Waals surface area contributed by atoms with Crippen molar-refractivity contribution in [3.8, 4) is 5.75 Å². The number of likely N-dealkylation sites (tertiary alicyclic amines) is 1. The van der Waals surface area contributed by atoms with Crippen LogP contribution < -0.4 is 15.4 Å². The molecule has 0 bridgehead atoms. The van der Waals surface area contributed by atoms with Crippen LogP contribution in [0.4, 0.5) is 5.69 Å². The lowest BCUT2D eigenvalue weighted by molar-refractivity contribution is -0.130. The third-order valence-electron chi connectivity index (χ3n) is 4.36. The van der Waals surface area contributed by atoms with Gasteiger partial charge in [0.25, 0.3) is 0 Å². The molecule has 1 saturated heterocycles. The van der Waals surface area contributed by atoms with Crippen LogP contribution in [0.15, 0.2) is 18.2 Å². The molecule has 1 fully saturated rings. The van der Waals surface area contributed by atoms with Crippen molar-refractivity contribution in [3.63, 3.8) is 0 Å². The SMILES string of the molecule is CNCCC1CCN(C(=O)CNc2cc(Cl)ccc2OC)CC1.Cl.Cl. The minimum absolute atomic E-state index is 0. The van der Waals surface area contributed by atoms with E-state index >= 15 is 0 Å². The van der Waals surface area contributed by atoms with Gasteiger partial charge in [-0.15, -0.1) is 24.8 Å². The van der Waals surface area contributed by atoms with Crippen LogP contribution in [0.25, 0.3) is 0 Å². The normalized spacial score (nSPS) is 14.3. The highest BCUT2D eigenvalue weighted by atomic mass is 35.5. The van der Waals surface area contributed by atoms with E-state index < -0.39 is 0 Å². The summed E-state index contributed by atoms with van der Waals surface area (Å²) in [5.41, 5.74) is 0.747. The van der Waals surface area contributed by atoms with Crippen molar-refractivity contribution in [1.82, 2.24) is 10.2 Å². The van der Waals surface area contributed by atoms with Gasteiger partial charge in [0.2, 0.25) is 5.91 Å². The molecule has 2 rings (SSSR count). The number of carbonyl (C=O) groups is 1. The standard InChI is InChI=1S/C17H26ClN3O2.2ClH/c1-19-8-5-13-6-9-21(10-7-13)17(22)12-20-15-11-14(18)3-4-16(15)23-2;;/h3-4,11,13,19-20H,5-10,12H2,1-2H3;2*1H. The van der Waals surface area contributed by atoms with Crippen molar-refractivity contribution in [1.29, 1.82) is 0 Å². The van der Waals surface area contributed by atoms with Crippen LogP contribution in [0, 0.1) is 5.92 Å². The van der Waals surface area contributed by atoms with Gasteiger partial charge in [0.05, 0.1) is 19.3 Å². The molecule has 1 heterocycles. The Hall–Kier alpha value is -0.880. The van der Waals surface area contributed by atoms with Crippen LogP contribution in [0.5, 0.6) is 5.75 Å². The smallest absolute Gasteiger partial charge is 0.241 e. The first-order chi connectivity index (χ1) is 11.1. The molecule has 2 N–H and O–H groups in total. The van der Waals surface area contributed by atoms with Gasteiger partial charge in [-0.2, -0.15) is 0 Å². The third-order valence-corrected chi connectivity index (χ3v) is 4.60. The second-order valence-electron chi connectivity index (χ2n) is 5.91. The van der Waals surface area contributed by atoms with Crippen molar-refractivity contribution in [2.45, 2.75) is 19.3 Å². The summed E-state index contributed by atoms with van der Waals surface area (Å²) >= 11 is 6.00. The number of halogens is 3. The predicted octanol–water partition coefficient (Wildman–Crippen LogP) is 3.45. The zero-order chi connectivity index (χ0) is 16.7. The minimum Gasteiger partial charge on any atom is -0.495 e. The van der Waals surface area contributed by atoms with Crippen molar-refractivity contribution < 1.29 is 9.53 Å². The summed E-state index contributed by atoms with van der Waals surface area (Å²) in [6.45, 7) is 3.01. The van der Waals surface area contributed by atoms with Gasteiger partial charge in [-0.25, -0.2) is 0 Å². The van der Waals surface area contributed by atoms with E-state index in [9.17, 15) is 4.79 Å². The zero-order valence-corrected chi connectivity index (χ0v) is 17.1. The van der Waals surface area contributed by atoms with Gasteiger partial charge in [-0.05, 0) is 57.0 Å². The predicted molar refractivity (Wildman–Crippen MR) is 109 cm³/mol. The number of hydrogen-bond acceptors (Lipinski definition) is 4. The molecule has 1 aliphatic heterocycles. The summed E-state index contributed by atoms with van der Waals surface area (Å²) in [6, 6.07) is 5.34. The van der Waals surface area contributed by atoms with E-state index in [1.54, 1.807) is 25.3 Å². The maximum Gasteiger partial charge on any atom is 0.241 e. The highest BCUT2D eigenvalue weighted by Gasteiger charge is 2.22. The number of piperidine rings is 1. The summed E-state index contributed by atoms with van der Waals surface area (Å²) in [7, 11) is 3.58. The average molecular weight is 413 g/mol. The van der Waals surface area contributed by atoms with E-state index in [2.05, 4.69) is 10.6 Å². The maximum absolute atomic E-state index is 12.4. The molecule has 5 nitrogen and oxygen atoms in total. The summed E-state index contributed by atoms with van der Waals surface area (Å²) in [4.78, 5) is 14.3. The van der Waals surface area contributed by atoms with E-state index in [-0.39, 0.29) is 37.3 Å². The lowest BCUT2D eigenvalue weighted by atomic mass is 9.93. The van der Waals surface area contributed by atoms with Crippen LogP contribution in [0.1, 0.15) is 19.3 Å². The molecule has 1 aromatic rings. The molecule has 1 aliphatic rings. The Bertz CT molecular complexity index is 524. The van der Waals surface area contributed by atoms with Crippen LogP contribution in [0.3, 0.4) is 0 Å². The van der Waals surface area contributed by atoms with Crippen molar-refractivity contribution in [3.05, 3.63) is 23.2 Å². The second kappa shape index (κ2) is 12.5. The van der Waals surface area contributed by atoms with Crippen molar-refractivity contribution in [2.75, 3.05) is 45.7 Å². The second-order valence-corrected chi connectivity index (χ2v) is 6.35. The topological polar surface area (TPSA) is 53.6 Å². The van der Waals surface area contributed by atoms with E-state index in [4.69, 9.17) is 16.3 Å². The van der Waals surface area contributed by atoms with E-state index in [0.29, 0.717) is 10.8 Å². The molecule has 0 atom stereocenters. The van der Waals surface area contributed by atoms with Crippen LogP contribution in [-0.4, -0.2) is 51.1 Å². The number of ether oxygens (including phenoxy) is 1. The lowest BCUT2D eigenvalue weighted by Gasteiger charge is -2.32. The monoisotopic (exact) mass is 411 g/mol. The Morgan fingerprint density at radius 3 is 2.60 bits per heavy atom. The number of carbonyl (C=O) groups excluding carboxylic acids is 1. The summed E-state index contributed by atoms with van der Waals surface area (Å²) in [5.74, 6) is 1.54. The molecule has 8 heteroatoms. The number of benzene rings is 1. The van der Waals surface area contributed by atoms with Gasteiger partial charge < -0.3 is 20.3 Å². The highest BCUT2D eigenvalue weighted by molar-refractivity contribution is 6.30. The van der Waals surface area contributed by atoms with Gasteiger partial charge in [-0.3, -0.25) is 4.79 Å². The molecule has 25 heavy (non-hydrogen) atoms. The molecular weight excluding hydrogens is 385 g/mol. The first-order valence-electron chi connectivity index (χ1n) is 8.13. The van der Waals surface area contributed by atoms with Gasteiger partial charge in [-0.1, -0.05) is 11.6 Å². The Kier molecular flexibility index (Phi) is 12.0. The Morgan fingerprint density at radius 1 is 1.32 bits per heavy atom. The van der Waals surface area contributed by atoms with Gasteiger partial charge in [0.15, 0.2) is 0 Å². The molecule has 0 saturated carbocycles. The van der Waals surface area contributed by atoms with E-state index in [0.717, 1.165) is 44.1 Å². The number of nitrogens with one attached hydrogen (secondary N) is 2. The summed E-state index contributed by atoms with van der Waals surface area (Å²) in [5, 5.41) is 6.94. The number of rotatable bonds is 7. The summed E-state index contributed by atoms with van der Waals surface area (Å²) in [6.07, 6.45) is 3.37. The Labute approximate surface area is 167 Å². The molecule has 0 spiro atoms. The van der Waals surface area contributed by atoms with E-state index in [1.165, 1.54) is 6.42 Å². The van der Waals surface area contributed by atoms with Crippen molar-refractivity contribution >= 4 is 48.0 Å². The molecule has 1 aromatic carbocycles. The van der Waals surface area contributed by atoms with Crippen molar-refractivity contribution in [2.24, 2.45) is 5.92 Å². The highest BCUT2D eigenvalue weighted by Crippen LogP contribution is 2.27. The summed E-state index contributed by atoms with van der Waals surface area (Å²) < 4.78 is 5.28. The van der Waals surface area contributed by atoms with Gasteiger partial charge >= 0.3 is 0 Å². The number of amides is 1. The molecule has 0 aliphatic carbocycles. The molecule has 0 aromatic heterocycles. The average Bonchev–Trinajstić information content (AvgIpc) is 2.58. The fourth-order valence-corrected chi connectivity index (χ4v) is 3.09. The number of nitrogens with zero attached hydrogens (tertiary/aromatic N) is 1. The molecule has 0 radical (unpaired) electrons. The van der Waals surface area contributed by atoms with Crippen LogP contribution in [-0.2, 0) is 4.79 Å². The minimum atomic E-state index is 0. The first kappa shape index (κ1) is 24.1. The number of methoxy groups -OCH3 is 1. The fourth-order valence-electron chi connectivity index (χ4n) is 2.92. The zero-order valence-electron chi connectivity index (χ0n) is 14.7. The van der Waals surface area contributed by atoms with Crippen LogP contribution in [0.2, 0.25) is 5.02 Å². The maximum atomic E-state index is 12.4.